The van der Waals surface area contributed by atoms with Crippen LogP contribution in [0.1, 0.15) is 36.8 Å². The Labute approximate surface area is 264 Å². The summed E-state index contributed by atoms with van der Waals surface area (Å²) in [7, 11) is 0. The van der Waals surface area contributed by atoms with Crippen molar-refractivity contribution >= 4 is 39.3 Å². The van der Waals surface area contributed by atoms with E-state index in [9.17, 15) is 14.4 Å². The summed E-state index contributed by atoms with van der Waals surface area (Å²) in [6.45, 7) is 3.26. The number of hydrogen-bond donors (Lipinski definition) is 5. The van der Waals surface area contributed by atoms with Crippen LogP contribution in [0.15, 0.2) is 84.9 Å². The number of hydrogen-bond acceptors (Lipinski definition) is 5. The Balaban J connectivity index is 1.24. The summed E-state index contributed by atoms with van der Waals surface area (Å²) in [4.78, 5) is 41.3. The third-order valence-corrected chi connectivity index (χ3v) is 9.17. The molecule has 2 atom stereocenters. The average Bonchev–Trinajstić information content (AvgIpc) is 3.08. The summed E-state index contributed by atoms with van der Waals surface area (Å²) < 4.78 is 0. The number of piperidine rings is 2. The number of carbonyl (C=O) groups excluding carboxylic acids is 3. The first-order valence-electron chi connectivity index (χ1n) is 16.3. The van der Waals surface area contributed by atoms with Crippen molar-refractivity contribution in [3.8, 4) is 0 Å². The van der Waals surface area contributed by atoms with Crippen molar-refractivity contribution in [2.75, 3.05) is 26.2 Å². The van der Waals surface area contributed by atoms with E-state index >= 15 is 0 Å². The Hall–Kier alpha value is -4.27. The zero-order valence-corrected chi connectivity index (χ0v) is 25.7. The van der Waals surface area contributed by atoms with Crippen LogP contribution in [0.3, 0.4) is 0 Å². The Morgan fingerprint density at radius 1 is 0.600 bits per heavy atom. The molecule has 8 nitrogen and oxygen atoms in total. The maximum Gasteiger partial charge on any atom is 0.243 e. The van der Waals surface area contributed by atoms with Crippen molar-refractivity contribution in [3.63, 3.8) is 0 Å². The highest BCUT2D eigenvalue weighted by Crippen LogP contribution is 2.20. The quantitative estimate of drug-likeness (QED) is 0.190. The van der Waals surface area contributed by atoms with E-state index in [1.54, 1.807) is 0 Å². The predicted octanol–water partition coefficient (Wildman–Crippen LogP) is 3.62. The second-order valence-electron chi connectivity index (χ2n) is 12.5. The van der Waals surface area contributed by atoms with Crippen molar-refractivity contribution < 1.29 is 14.4 Å². The first-order valence-corrected chi connectivity index (χ1v) is 16.3. The minimum Gasteiger partial charge on any atom is -0.351 e. The highest BCUT2D eigenvalue weighted by atomic mass is 16.2. The van der Waals surface area contributed by atoms with Crippen LogP contribution in [0.2, 0.25) is 0 Å². The second-order valence-corrected chi connectivity index (χ2v) is 12.5. The molecule has 8 heteroatoms. The van der Waals surface area contributed by atoms with E-state index < -0.39 is 12.1 Å². The Morgan fingerprint density at radius 2 is 1.09 bits per heavy atom. The lowest BCUT2D eigenvalue weighted by Crippen LogP contribution is -2.57. The zero-order valence-electron chi connectivity index (χ0n) is 25.7. The Kier molecular flexibility index (Phi) is 10.0. The van der Waals surface area contributed by atoms with E-state index in [-0.39, 0.29) is 29.7 Å². The summed E-state index contributed by atoms with van der Waals surface area (Å²) in [5.41, 5.74) is 1.91. The maximum atomic E-state index is 14.1. The van der Waals surface area contributed by atoms with Gasteiger partial charge in [-0.05, 0) is 84.5 Å². The van der Waals surface area contributed by atoms with Crippen molar-refractivity contribution in [2.45, 2.75) is 56.7 Å². The van der Waals surface area contributed by atoms with Crippen LogP contribution < -0.4 is 26.6 Å². The van der Waals surface area contributed by atoms with Gasteiger partial charge in [-0.15, -0.1) is 0 Å². The molecular weight excluding hydrogens is 562 g/mol. The zero-order chi connectivity index (χ0) is 31.0. The van der Waals surface area contributed by atoms with Gasteiger partial charge in [0.25, 0.3) is 0 Å². The molecule has 4 aromatic carbocycles. The van der Waals surface area contributed by atoms with E-state index in [1.807, 2.05) is 48.5 Å². The second kappa shape index (κ2) is 14.7. The molecular formula is C37H43N5O3. The van der Waals surface area contributed by atoms with Crippen LogP contribution >= 0.6 is 0 Å². The molecule has 0 bridgehead atoms. The highest BCUT2D eigenvalue weighted by Gasteiger charge is 2.31. The monoisotopic (exact) mass is 605 g/mol. The van der Waals surface area contributed by atoms with Gasteiger partial charge in [0.2, 0.25) is 17.7 Å². The van der Waals surface area contributed by atoms with Gasteiger partial charge in [-0.2, -0.15) is 0 Å². The lowest BCUT2D eigenvalue weighted by molar-refractivity contribution is -0.133. The maximum absolute atomic E-state index is 14.1. The summed E-state index contributed by atoms with van der Waals surface area (Å²) in [6.07, 6.45) is 3.83. The van der Waals surface area contributed by atoms with Gasteiger partial charge in [-0.25, -0.2) is 0 Å². The van der Waals surface area contributed by atoms with Gasteiger partial charge >= 0.3 is 0 Å². The van der Waals surface area contributed by atoms with Crippen molar-refractivity contribution in [2.24, 2.45) is 5.92 Å². The SMILES string of the molecule is O=C(N[C@@H](Cc1ccc2ccccc2c1)C(=O)NC(Cc1ccc2ccccc2c1)C(=O)NC1CCNCC1)C1CCNCC1. The standard InChI is InChI=1S/C37H43N5O3/c43-35(29-13-17-38-18-14-29)41-34(24-26-10-12-28-6-2-4-8-31(28)22-26)37(45)42-33(36(44)40-32-15-19-39-20-16-32)23-25-9-11-27-5-1-3-7-30(27)21-25/h1-12,21-22,29,32-34,38-39H,13-20,23-24H2,(H,40,44)(H,41,43)(H,42,45)/t33?,34-/m0/s1. The summed E-state index contributed by atoms with van der Waals surface area (Å²) in [5.74, 6) is -0.799. The topological polar surface area (TPSA) is 111 Å². The molecule has 0 aliphatic carbocycles. The molecule has 0 spiro atoms. The Bertz CT molecular complexity index is 1640. The molecule has 0 aromatic heterocycles. The molecule has 3 amide bonds. The first kappa shape index (κ1) is 30.7. The minimum absolute atomic E-state index is 0.0581. The number of nitrogens with one attached hydrogen (secondary N) is 5. The molecule has 2 aliphatic heterocycles. The van der Waals surface area contributed by atoms with Crippen molar-refractivity contribution in [1.29, 1.82) is 0 Å². The molecule has 0 radical (unpaired) electrons. The van der Waals surface area contributed by atoms with Crippen LogP contribution in [0.25, 0.3) is 21.5 Å². The molecule has 45 heavy (non-hydrogen) atoms. The fraction of sp³-hybridized carbons (Fsp3) is 0.378. The third-order valence-electron chi connectivity index (χ3n) is 9.17. The molecule has 2 aliphatic rings. The van der Waals surface area contributed by atoms with E-state index in [2.05, 4.69) is 63.0 Å². The van der Waals surface area contributed by atoms with Crippen molar-refractivity contribution in [1.82, 2.24) is 26.6 Å². The largest absolute Gasteiger partial charge is 0.351 e. The summed E-state index contributed by atoms with van der Waals surface area (Å²) in [6, 6.07) is 26.9. The van der Waals surface area contributed by atoms with Crippen LogP contribution in [0, 0.1) is 5.92 Å². The molecule has 6 rings (SSSR count). The Morgan fingerprint density at radius 3 is 1.64 bits per heavy atom. The number of carbonyl (C=O) groups is 3. The molecule has 0 saturated carbocycles. The van der Waals surface area contributed by atoms with Gasteiger partial charge in [0.05, 0.1) is 0 Å². The molecule has 2 fully saturated rings. The molecule has 234 valence electrons. The average molecular weight is 606 g/mol. The fourth-order valence-electron chi connectivity index (χ4n) is 6.54. The lowest BCUT2D eigenvalue weighted by Gasteiger charge is -2.29. The van der Waals surface area contributed by atoms with Gasteiger partial charge in [-0.1, -0.05) is 84.9 Å². The van der Waals surface area contributed by atoms with Gasteiger partial charge in [0.1, 0.15) is 12.1 Å². The van der Waals surface area contributed by atoms with Crippen LogP contribution in [-0.2, 0) is 27.2 Å². The van der Waals surface area contributed by atoms with Gasteiger partial charge in [0.15, 0.2) is 0 Å². The lowest BCUT2D eigenvalue weighted by atomic mass is 9.95. The van der Waals surface area contributed by atoms with Gasteiger partial charge in [-0.3, -0.25) is 14.4 Å². The number of fused-ring (bicyclic) bond motifs is 2. The highest BCUT2D eigenvalue weighted by molar-refractivity contribution is 5.93. The molecule has 5 N–H and O–H groups in total. The number of rotatable bonds is 10. The van der Waals surface area contributed by atoms with E-state index in [1.165, 1.54) is 0 Å². The van der Waals surface area contributed by atoms with E-state index in [0.717, 1.165) is 84.5 Å². The fourth-order valence-corrected chi connectivity index (χ4v) is 6.54. The number of benzene rings is 4. The summed E-state index contributed by atoms with van der Waals surface area (Å²) >= 11 is 0. The smallest absolute Gasteiger partial charge is 0.243 e. The van der Waals surface area contributed by atoms with E-state index in [0.29, 0.717) is 12.8 Å². The first-order chi connectivity index (χ1) is 22.0. The molecule has 4 aromatic rings. The molecule has 1 unspecified atom stereocenters. The summed E-state index contributed by atoms with van der Waals surface area (Å²) in [5, 5.41) is 20.4. The molecule has 2 heterocycles. The minimum atomic E-state index is -0.820. The van der Waals surface area contributed by atoms with Crippen LogP contribution in [-0.4, -0.2) is 62.0 Å². The van der Waals surface area contributed by atoms with Crippen LogP contribution in [0.5, 0.6) is 0 Å². The van der Waals surface area contributed by atoms with Gasteiger partial charge < -0.3 is 26.6 Å². The van der Waals surface area contributed by atoms with Gasteiger partial charge in [0, 0.05) is 24.8 Å². The number of amides is 3. The molecule has 2 saturated heterocycles. The predicted molar refractivity (Wildman–Crippen MR) is 179 cm³/mol. The third kappa shape index (κ3) is 8.07. The normalized spacial score (nSPS) is 17.4. The van der Waals surface area contributed by atoms with Crippen LogP contribution in [0.4, 0.5) is 0 Å². The van der Waals surface area contributed by atoms with Crippen molar-refractivity contribution in [3.05, 3.63) is 96.1 Å². The van der Waals surface area contributed by atoms with E-state index in [4.69, 9.17) is 0 Å².